The number of amides is 1. The number of aromatic nitrogens is 2. The van der Waals surface area contributed by atoms with Gasteiger partial charge in [0.2, 0.25) is 0 Å². The maximum atomic E-state index is 12.6. The van der Waals surface area contributed by atoms with Crippen molar-refractivity contribution in [1.82, 2.24) is 15.1 Å². The number of hydrogen-bond donors (Lipinski definition) is 1. The minimum absolute atomic E-state index is 0.213. The molecule has 17 heavy (non-hydrogen) atoms. The molecule has 1 rings (SSSR count). The Morgan fingerprint density at radius 3 is 2.35 bits per heavy atom. The number of rotatable bonds is 2. The zero-order valence-electron chi connectivity index (χ0n) is 9.39. The lowest BCUT2D eigenvalue weighted by Gasteiger charge is -2.07. The summed E-state index contributed by atoms with van der Waals surface area (Å²) < 4.78 is 38.3. The van der Waals surface area contributed by atoms with Gasteiger partial charge in [-0.1, -0.05) is 11.6 Å². The van der Waals surface area contributed by atoms with E-state index in [9.17, 15) is 18.0 Å². The predicted molar refractivity (Wildman–Crippen MR) is 55.8 cm³/mol. The number of aryl methyl sites for hydroxylation is 1. The summed E-state index contributed by atoms with van der Waals surface area (Å²) in [5, 5.41) is 5.23. The van der Waals surface area contributed by atoms with Gasteiger partial charge in [0.1, 0.15) is 5.02 Å². The molecule has 0 aliphatic heterocycles. The number of carbonyl (C=O) groups is 1. The summed E-state index contributed by atoms with van der Waals surface area (Å²) in [5.41, 5.74) is -1.55. The van der Waals surface area contributed by atoms with Gasteiger partial charge in [0.15, 0.2) is 11.4 Å². The monoisotopic (exact) mass is 269 g/mol. The normalized spacial score (nSPS) is 12.0. The van der Waals surface area contributed by atoms with Crippen LogP contribution in [0.4, 0.5) is 13.2 Å². The van der Waals surface area contributed by atoms with Crippen molar-refractivity contribution in [2.24, 2.45) is 7.05 Å². The zero-order valence-corrected chi connectivity index (χ0v) is 10.1. The van der Waals surface area contributed by atoms with E-state index >= 15 is 0 Å². The molecule has 0 saturated carbocycles. The molecule has 0 aliphatic carbocycles. The van der Waals surface area contributed by atoms with Gasteiger partial charge < -0.3 is 5.32 Å². The standard InChI is InChI=1S/C9H11ClF3N3O/c1-4(2)14-8(17)6-5(10)7(9(11,12)13)16(3)15-6/h4H,1-3H3,(H,14,17). The molecule has 1 aromatic heterocycles. The van der Waals surface area contributed by atoms with E-state index < -0.39 is 28.5 Å². The van der Waals surface area contributed by atoms with Gasteiger partial charge >= 0.3 is 6.18 Å². The number of nitrogens with zero attached hydrogens (tertiary/aromatic N) is 2. The van der Waals surface area contributed by atoms with Crippen molar-refractivity contribution < 1.29 is 18.0 Å². The molecule has 0 aromatic carbocycles. The van der Waals surface area contributed by atoms with E-state index in [-0.39, 0.29) is 6.04 Å². The first kappa shape index (κ1) is 13.8. The lowest BCUT2D eigenvalue weighted by molar-refractivity contribution is -0.143. The Balaban J connectivity index is 3.18. The van der Waals surface area contributed by atoms with E-state index in [4.69, 9.17) is 11.6 Å². The number of alkyl halides is 3. The topological polar surface area (TPSA) is 46.9 Å². The van der Waals surface area contributed by atoms with Gasteiger partial charge in [-0.2, -0.15) is 18.3 Å². The van der Waals surface area contributed by atoms with E-state index in [1.165, 1.54) is 0 Å². The van der Waals surface area contributed by atoms with Crippen molar-refractivity contribution in [2.45, 2.75) is 26.1 Å². The molecule has 8 heteroatoms. The smallest absolute Gasteiger partial charge is 0.348 e. The van der Waals surface area contributed by atoms with Crippen molar-refractivity contribution in [3.63, 3.8) is 0 Å². The quantitative estimate of drug-likeness (QED) is 0.895. The van der Waals surface area contributed by atoms with Crippen LogP contribution in [0, 0.1) is 0 Å². The maximum Gasteiger partial charge on any atom is 0.434 e. The first-order valence-corrected chi connectivity index (χ1v) is 5.13. The average Bonchev–Trinajstić information content (AvgIpc) is 2.39. The largest absolute Gasteiger partial charge is 0.434 e. The summed E-state index contributed by atoms with van der Waals surface area (Å²) in [6.07, 6.45) is -4.64. The molecule has 1 amide bonds. The van der Waals surface area contributed by atoms with Crippen molar-refractivity contribution in [2.75, 3.05) is 0 Å². The summed E-state index contributed by atoms with van der Waals surface area (Å²) in [6.45, 7) is 3.36. The lowest BCUT2D eigenvalue weighted by Crippen LogP contribution is -2.30. The third-order valence-electron chi connectivity index (χ3n) is 1.89. The molecule has 0 radical (unpaired) electrons. The molecule has 1 heterocycles. The lowest BCUT2D eigenvalue weighted by atomic mass is 10.3. The Hall–Kier alpha value is -1.24. The van der Waals surface area contributed by atoms with Crippen molar-refractivity contribution >= 4 is 17.5 Å². The Labute approximate surface area is 101 Å². The van der Waals surface area contributed by atoms with Gasteiger partial charge in [0, 0.05) is 13.1 Å². The number of carbonyl (C=O) groups excluding carboxylic acids is 1. The van der Waals surface area contributed by atoms with Crippen LogP contribution in [0.25, 0.3) is 0 Å². The fourth-order valence-electron chi connectivity index (χ4n) is 1.28. The van der Waals surface area contributed by atoms with E-state index in [1.807, 2.05) is 0 Å². The van der Waals surface area contributed by atoms with Crippen LogP contribution < -0.4 is 5.32 Å². The summed E-state index contributed by atoms with van der Waals surface area (Å²) in [4.78, 5) is 11.5. The molecule has 0 aliphatic rings. The molecule has 1 N–H and O–H groups in total. The summed E-state index contributed by atoms with van der Waals surface area (Å²) in [6, 6.07) is -0.213. The molecule has 0 atom stereocenters. The second-order valence-electron chi connectivity index (χ2n) is 3.76. The Morgan fingerprint density at radius 2 is 2.00 bits per heavy atom. The van der Waals surface area contributed by atoms with Crippen LogP contribution in [0.5, 0.6) is 0 Å². The SMILES string of the molecule is CC(C)NC(=O)c1nn(C)c(C(F)(F)F)c1Cl. The fourth-order valence-corrected chi connectivity index (χ4v) is 1.63. The molecule has 0 bridgehead atoms. The van der Waals surface area contributed by atoms with Crippen molar-refractivity contribution in [3.05, 3.63) is 16.4 Å². The number of halogens is 4. The van der Waals surface area contributed by atoms with Gasteiger partial charge in [0.05, 0.1) is 0 Å². The molecule has 0 fully saturated rings. The Kier molecular flexibility index (Phi) is 3.71. The van der Waals surface area contributed by atoms with Crippen LogP contribution in [0.2, 0.25) is 5.02 Å². The highest BCUT2D eigenvalue weighted by molar-refractivity contribution is 6.34. The van der Waals surface area contributed by atoms with E-state index in [0.717, 1.165) is 7.05 Å². The van der Waals surface area contributed by atoms with Gasteiger partial charge in [-0.15, -0.1) is 0 Å². The fraction of sp³-hybridized carbons (Fsp3) is 0.556. The molecule has 0 spiro atoms. The second-order valence-corrected chi connectivity index (χ2v) is 4.14. The predicted octanol–water partition coefficient (Wildman–Crippen LogP) is 2.23. The van der Waals surface area contributed by atoms with Crippen LogP contribution >= 0.6 is 11.6 Å². The highest BCUT2D eigenvalue weighted by Gasteiger charge is 2.39. The summed E-state index contributed by atoms with van der Waals surface area (Å²) in [7, 11) is 1.08. The molecule has 1 aromatic rings. The number of hydrogen-bond acceptors (Lipinski definition) is 2. The van der Waals surface area contributed by atoms with E-state index in [1.54, 1.807) is 13.8 Å². The first-order chi connectivity index (χ1) is 7.64. The van der Waals surface area contributed by atoms with Crippen LogP contribution in [-0.4, -0.2) is 21.7 Å². The minimum Gasteiger partial charge on any atom is -0.348 e. The molecule has 96 valence electrons. The van der Waals surface area contributed by atoms with Gasteiger partial charge in [-0.3, -0.25) is 9.48 Å². The summed E-state index contributed by atoms with van der Waals surface area (Å²) >= 11 is 5.53. The third kappa shape index (κ3) is 2.91. The maximum absolute atomic E-state index is 12.6. The van der Waals surface area contributed by atoms with Gasteiger partial charge in [0.25, 0.3) is 5.91 Å². The zero-order chi connectivity index (χ0) is 13.4. The van der Waals surface area contributed by atoms with Crippen molar-refractivity contribution in [1.29, 1.82) is 0 Å². The van der Waals surface area contributed by atoms with Gasteiger partial charge in [-0.25, -0.2) is 0 Å². The van der Waals surface area contributed by atoms with Crippen LogP contribution in [-0.2, 0) is 13.2 Å². The molecule has 4 nitrogen and oxygen atoms in total. The Bertz CT molecular complexity index is 439. The minimum atomic E-state index is -4.64. The van der Waals surface area contributed by atoms with Crippen LogP contribution in [0.3, 0.4) is 0 Å². The van der Waals surface area contributed by atoms with Gasteiger partial charge in [-0.05, 0) is 13.8 Å². The molecule has 0 saturated heterocycles. The third-order valence-corrected chi connectivity index (χ3v) is 2.25. The Morgan fingerprint density at radius 1 is 1.47 bits per heavy atom. The highest BCUT2D eigenvalue weighted by Crippen LogP contribution is 2.35. The molecule has 0 unspecified atom stereocenters. The molecular formula is C9H11ClF3N3O. The highest BCUT2D eigenvalue weighted by atomic mass is 35.5. The number of nitrogens with one attached hydrogen (secondary N) is 1. The van der Waals surface area contributed by atoms with E-state index in [2.05, 4.69) is 10.4 Å². The first-order valence-electron chi connectivity index (χ1n) is 4.75. The second kappa shape index (κ2) is 4.56. The van der Waals surface area contributed by atoms with Crippen LogP contribution in [0.1, 0.15) is 30.0 Å². The summed E-state index contributed by atoms with van der Waals surface area (Å²) in [5.74, 6) is -0.726. The molecular weight excluding hydrogens is 259 g/mol. The van der Waals surface area contributed by atoms with Crippen molar-refractivity contribution in [3.8, 4) is 0 Å². The van der Waals surface area contributed by atoms with Crippen LogP contribution in [0.15, 0.2) is 0 Å². The average molecular weight is 270 g/mol. The van der Waals surface area contributed by atoms with E-state index in [0.29, 0.717) is 4.68 Å².